The highest BCUT2D eigenvalue weighted by molar-refractivity contribution is 8.17. The first-order valence-corrected chi connectivity index (χ1v) is 13.0. The highest BCUT2D eigenvalue weighted by Gasteiger charge is 2.36. The number of nitrogens with zero attached hydrogens (tertiary/aromatic N) is 1. The van der Waals surface area contributed by atoms with Crippen LogP contribution in [0.5, 0.6) is 0 Å². The number of ether oxygens (including phenoxy) is 1. The topological polar surface area (TPSA) is 46.6 Å². The fourth-order valence-electron chi connectivity index (χ4n) is 3.85. The molecule has 2 aromatic carbocycles. The van der Waals surface area contributed by atoms with Crippen molar-refractivity contribution in [1.82, 2.24) is 4.67 Å². The molecule has 156 valence electrons. The van der Waals surface area contributed by atoms with E-state index < -0.39 is 7.29 Å². The minimum atomic E-state index is -2.87. The van der Waals surface area contributed by atoms with E-state index >= 15 is 0 Å². The number of thioether (sulfide) groups is 1. The molecule has 4 nitrogen and oxygen atoms in total. The number of benzene rings is 2. The van der Waals surface area contributed by atoms with Gasteiger partial charge in [-0.25, -0.2) is 4.67 Å². The summed E-state index contributed by atoms with van der Waals surface area (Å²) in [5.74, 6) is 3.67. The molecule has 4 rings (SSSR count). The summed E-state index contributed by atoms with van der Waals surface area (Å²) in [5, 5.41) is 0. The van der Waals surface area contributed by atoms with Crippen molar-refractivity contribution >= 4 is 34.8 Å². The fraction of sp³-hybridized carbons (Fsp3) is 0.292. The van der Waals surface area contributed by atoms with E-state index in [0.717, 1.165) is 20.9 Å². The Morgan fingerprint density at radius 3 is 1.93 bits per heavy atom. The predicted octanol–water partition coefficient (Wildman–Crippen LogP) is 6.28. The molecular formula is C24H26NO3PS. The van der Waals surface area contributed by atoms with Gasteiger partial charge in [0, 0.05) is 34.5 Å². The maximum Gasteiger partial charge on any atom is 0.309 e. The van der Waals surface area contributed by atoms with Gasteiger partial charge in [-0.2, -0.15) is 0 Å². The standard InChI is InChI=1S/C24H26NO3PS/c1-2-28-24(26)21-13-15-25(16-14-21)29(27)17-22(19-9-5-3-6-10-19)30-23(18-29)20-11-7-4-8-12-20/h3-12,17-18,21H,2,13-16H2,1H3. The molecule has 1 saturated heterocycles. The van der Waals surface area contributed by atoms with Crippen LogP contribution >= 0.6 is 19.1 Å². The molecule has 0 unspecified atom stereocenters. The maximum absolute atomic E-state index is 14.2. The van der Waals surface area contributed by atoms with Crippen molar-refractivity contribution in [3.63, 3.8) is 0 Å². The van der Waals surface area contributed by atoms with E-state index in [1.807, 2.05) is 55.0 Å². The molecule has 0 spiro atoms. The van der Waals surface area contributed by atoms with Gasteiger partial charge in [0.2, 0.25) is 0 Å². The Morgan fingerprint density at radius 2 is 1.47 bits per heavy atom. The summed E-state index contributed by atoms with van der Waals surface area (Å²) in [6.45, 7) is 3.49. The summed E-state index contributed by atoms with van der Waals surface area (Å²) in [7, 11) is -2.87. The van der Waals surface area contributed by atoms with Crippen molar-refractivity contribution in [2.75, 3.05) is 19.7 Å². The molecule has 0 N–H and O–H groups in total. The van der Waals surface area contributed by atoms with Crippen LogP contribution in [0.3, 0.4) is 0 Å². The zero-order valence-corrected chi connectivity index (χ0v) is 18.8. The van der Waals surface area contributed by atoms with Gasteiger partial charge in [-0.15, -0.1) is 0 Å². The monoisotopic (exact) mass is 439 g/mol. The van der Waals surface area contributed by atoms with E-state index in [1.54, 1.807) is 11.8 Å². The van der Waals surface area contributed by atoms with Crippen LogP contribution in [0, 0.1) is 5.92 Å². The van der Waals surface area contributed by atoms with Gasteiger partial charge < -0.3 is 4.74 Å². The van der Waals surface area contributed by atoms with Crippen LogP contribution in [0.15, 0.2) is 72.3 Å². The van der Waals surface area contributed by atoms with Crippen molar-refractivity contribution in [3.8, 4) is 0 Å². The number of hydrogen-bond donors (Lipinski definition) is 0. The van der Waals surface area contributed by atoms with E-state index in [0.29, 0.717) is 32.5 Å². The third kappa shape index (κ3) is 4.64. The Morgan fingerprint density at radius 1 is 0.967 bits per heavy atom. The molecule has 2 aliphatic rings. The predicted molar refractivity (Wildman–Crippen MR) is 125 cm³/mol. The molecule has 0 aromatic heterocycles. The molecule has 0 bridgehead atoms. The normalized spacial score (nSPS) is 19.6. The largest absolute Gasteiger partial charge is 0.466 e. The Balaban J connectivity index is 1.64. The molecule has 1 fully saturated rings. The summed E-state index contributed by atoms with van der Waals surface area (Å²) in [5.41, 5.74) is 2.15. The number of carbonyl (C=O) groups is 1. The molecule has 6 heteroatoms. The van der Waals surface area contributed by atoms with E-state index in [1.165, 1.54) is 0 Å². The lowest BCUT2D eigenvalue weighted by Gasteiger charge is -2.36. The number of piperidine rings is 1. The smallest absolute Gasteiger partial charge is 0.309 e. The van der Waals surface area contributed by atoms with Gasteiger partial charge in [-0.05, 0) is 30.9 Å². The van der Waals surface area contributed by atoms with Gasteiger partial charge in [0.05, 0.1) is 12.5 Å². The molecule has 2 heterocycles. The van der Waals surface area contributed by atoms with Crippen LogP contribution in [0.25, 0.3) is 9.81 Å². The average Bonchev–Trinajstić information content (AvgIpc) is 2.80. The second-order valence-electron chi connectivity index (χ2n) is 7.47. The lowest BCUT2D eigenvalue weighted by atomic mass is 9.98. The average molecular weight is 440 g/mol. The SMILES string of the molecule is CCOC(=O)C1CCN(P2(=O)C=C(c3ccccc3)SC(c3ccccc3)=C2)CC1. The van der Waals surface area contributed by atoms with Crippen LogP contribution < -0.4 is 0 Å². The van der Waals surface area contributed by atoms with Crippen LogP contribution in [0.1, 0.15) is 30.9 Å². The first kappa shape index (κ1) is 21.2. The van der Waals surface area contributed by atoms with Crippen molar-refractivity contribution in [2.24, 2.45) is 5.92 Å². The molecule has 0 saturated carbocycles. The Bertz CT molecular complexity index is 936. The number of hydrogen-bond acceptors (Lipinski definition) is 4. The van der Waals surface area contributed by atoms with Gasteiger partial charge in [0.1, 0.15) is 0 Å². The summed E-state index contributed by atoms with van der Waals surface area (Å²) >= 11 is 1.67. The van der Waals surface area contributed by atoms with E-state index in [4.69, 9.17) is 4.74 Å². The summed E-state index contributed by atoms with van der Waals surface area (Å²) in [4.78, 5) is 14.1. The molecule has 30 heavy (non-hydrogen) atoms. The lowest BCUT2D eigenvalue weighted by molar-refractivity contribution is -0.149. The Labute approximate surface area is 182 Å². The van der Waals surface area contributed by atoms with Crippen LogP contribution in [-0.2, 0) is 14.1 Å². The van der Waals surface area contributed by atoms with Gasteiger partial charge in [-0.1, -0.05) is 72.4 Å². The summed E-state index contributed by atoms with van der Waals surface area (Å²) < 4.78 is 21.4. The number of rotatable bonds is 5. The molecule has 0 radical (unpaired) electrons. The zero-order valence-electron chi connectivity index (χ0n) is 17.1. The lowest BCUT2D eigenvalue weighted by Crippen LogP contribution is -2.34. The highest BCUT2D eigenvalue weighted by Crippen LogP contribution is 2.63. The van der Waals surface area contributed by atoms with Crippen molar-refractivity contribution in [1.29, 1.82) is 0 Å². The van der Waals surface area contributed by atoms with Crippen LogP contribution in [-0.4, -0.2) is 30.3 Å². The molecule has 0 atom stereocenters. The van der Waals surface area contributed by atoms with Gasteiger partial charge in [0.15, 0.2) is 7.29 Å². The Hall–Kier alpha value is -2.07. The third-order valence-electron chi connectivity index (χ3n) is 5.47. The molecule has 0 aliphatic carbocycles. The van der Waals surface area contributed by atoms with Crippen LogP contribution in [0.4, 0.5) is 0 Å². The maximum atomic E-state index is 14.2. The number of carbonyl (C=O) groups excluding carboxylic acids is 1. The van der Waals surface area contributed by atoms with Crippen LogP contribution in [0.2, 0.25) is 0 Å². The van der Waals surface area contributed by atoms with Crippen molar-refractivity contribution < 1.29 is 14.1 Å². The quantitative estimate of drug-likeness (QED) is 0.405. The first-order chi connectivity index (χ1) is 14.6. The van der Waals surface area contributed by atoms with E-state index in [-0.39, 0.29) is 11.9 Å². The number of esters is 1. The minimum absolute atomic E-state index is 0.0953. The molecule has 2 aromatic rings. The molecule has 0 amide bonds. The van der Waals surface area contributed by atoms with Gasteiger partial charge in [0.25, 0.3) is 0 Å². The molecule has 2 aliphatic heterocycles. The summed E-state index contributed by atoms with van der Waals surface area (Å²) in [6.07, 6.45) is 1.36. The zero-order chi connectivity index (χ0) is 21.0. The van der Waals surface area contributed by atoms with Gasteiger partial charge in [-0.3, -0.25) is 9.36 Å². The second kappa shape index (κ2) is 9.38. The minimum Gasteiger partial charge on any atom is -0.466 e. The Kier molecular flexibility index (Phi) is 6.62. The van der Waals surface area contributed by atoms with Crippen molar-refractivity contribution in [2.45, 2.75) is 19.8 Å². The van der Waals surface area contributed by atoms with E-state index in [9.17, 15) is 9.36 Å². The third-order valence-corrected chi connectivity index (χ3v) is 9.51. The second-order valence-corrected chi connectivity index (χ2v) is 11.0. The fourth-order valence-corrected chi connectivity index (χ4v) is 8.15. The van der Waals surface area contributed by atoms with Gasteiger partial charge >= 0.3 is 5.97 Å². The summed E-state index contributed by atoms with van der Waals surface area (Å²) in [6, 6.07) is 20.2. The van der Waals surface area contributed by atoms with Crippen molar-refractivity contribution in [3.05, 3.63) is 83.4 Å². The van der Waals surface area contributed by atoms with E-state index in [2.05, 4.69) is 28.9 Å². The molecular weight excluding hydrogens is 413 g/mol. The highest BCUT2D eigenvalue weighted by atomic mass is 32.2. The first-order valence-electron chi connectivity index (χ1n) is 10.3.